The first-order chi connectivity index (χ1) is 8.36. The Morgan fingerprint density at radius 3 is 2.67 bits per heavy atom. The van der Waals surface area contributed by atoms with Gasteiger partial charge in [0.1, 0.15) is 5.00 Å². The molecule has 5 nitrogen and oxygen atoms in total. The molecule has 0 saturated heterocycles. The molecule has 0 bridgehead atoms. The highest BCUT2D eigenvalue weighted by atomic mass is 32.1. The van der Waals surface area contributed by atoms with Crippen LogP contribution < -0.4 is 4.90 Å². The average molecular weight is 271 g/mol. The van der Waals surface area contributed by atoms with E-state index in [1.54, 1.807) is 24.9 Å². The molecule has 0 spiro atoms. The summed E-state index contributed by atoms with van der Waals surface area (Å²) in [6.07, 6.45) is 0. The lowest BCUT2D eigenvalue weighted by Gasteiger charge is -2.20. The largest absolute Gasteiger partial charge is 0.481 e. The number of thiophene rings is 1. The Morgan fingerprint density at radius 1 is 1.56 bits per heavy atom. The molecule has 0 amide bonds. The number of carboxylic acids is 1. The molecule has 0 aliphatic rings. The number of anilines is 1. The number of nitrogens with zero attached hydrogens (tertiary/aromatic N) is 1. The van der Waals surface area contributed by atoms with Crippen LogP contribution in [0.1, 0.15) is 22.2 Å². The number of aliphatic carboxylic acids is 1. The van der Waals surface area contributed by atoms with Gasteiger partial charge in [-0.3, -0.25) is 4.79 Å². The first-order valence-corrected chi connectivity index (χ1v) is 6.31. The van der Waals surface area contributed by atoms with Crippen molar-refractivity contribution in [3.05, 3.63) is 16.5 Å². The number of rotatable bonds is 5. The summed E-state index contributed by atoms with van der Waals surface area (Å²) in [5.41, 5.74) is 0.486. The summed E-state index contributed by atoms with van der Waals surface area (Å²) in [6, 6.07) is 1.76. The lowest BCUT2D eigenvalue weighted by molar-refractivity contribution is -0.140. The van der Waals surface area contributed by atoms with Crippen LogP contribution in [0.15, 0.2) is 6.07 Å². The molecular weight excluding hydrogens is 254 g/mol. The van der Waals surface area contributed by atoms with Crippen LogP contribution in [-0.4, -0.2) is 37.7 Å². The van der Waals surface area contributed by atoms with E-state index < -0.39 is 17.9 Å². The van der Waals surface area contributed by atoms with E-state index in [4.69, 9.17) is 9.84 Å². The fraction of sp³-hybridized carbons (Fsp3) is 0.500. The normalized spacial score (nSPS) is 12.0. The molecule has 0 aliphatic carbocycles. The van der Waals surface area contributed by atoms with Gasteiger partial charge in [-0.05, 0) is 13.0 Å². The van der Waals surface area contributed by atoms with Gasteiger partial charge in [-0.2, -0.15) is 0 Å². The predicted molar refractivity (Wildman–Crippen MR) is 70.5 cm³/mol. The SMILES string of the molecule is COC(=O)c1cc(C)sc1N(C)CC(C)C(=O)O. The van der Waals surface area contributed by atoms with Crippen LogP contribution in [0.2, 0.25) is 0 Å². The van der Waals surface area contributed by atoms with E-state index in [0.29, 0.717) is 12.1 Å². The zero-order valence-corrected chi connectivity index (χ0v) is 11.7. The maximum absolute atomic E-state index is 11.6. The molecule has 0 radical (unpaired) electrons. The van der Waals surface area contributed by atoms with Gasteiger partial charge in [0, 0.05) is 18.5 Å². The molecule has 1 atom stereocenters. The molecule has 0 saturated carbocycles. The molecule has 0 aromatic carbocycles. The molecule has 1 rings (SSSR count). The summed E-state index contributed by atoms with van der Waals surface area (Å²) < 4.78 is 4.72. The molecule has 1 aromatic heterocycles. The van der Waals surface area contributed by atoms with Crippen LogP contribution in [0, 0.1) is 12.8 Å². The highest BCUT2D eigenvalue weighted by Crippen LogP contribution is 2.31. The second kappa shape index (κ2) is 5.86. The van der Waals surface area contributed by atoms with E-state index in [0.717, 1.165) is 9.88 Å². The van der Waals surface area contributed by atoms with E-state index in [9.17, 15) is 9.59 Å². The quantitative estimate of drug-likeness (QED) is 0.830. The minimum atomic E-state index is -0.852. The van der Waals surface area contributed by atoms with Crippen molar-refractivity contribution in [1.29, 1.82) is 0 Å². The van der Waals surface area contributed by atoms with Crippen molar-refractivity contribution in [1.82, 2.24) is 0 Å². The molecule has 18 heavy (non-hydrogen) atoms. The Bertz CT molecular complexity index is 455. The van der Waals surface area contributed by atoms with Gasteiger partial charge in [-0.15, -0.1) is 11.3 Å². The lowest BCUT2D eigenvalue weighted by Crippen LogP contribution is -2.28. The predicted octanol–water partition coefficient (Wildman–Crippen LogP) is 2.00. The highest BCUT2D eigenvalue weighted by Gasteiger charge is 2.21. The minimum absolute atomic E-state index is 0.347. The van der Waals surface area contributed by atoms with Gasteiger partial charge in [-0.1, -0.05) is 6.92 Å². The number of ether oxygens (including phenoxy) is 1. The molecule has 1 aromatic rings. The monoisotopic (exact) mass is 271 g/mol. The van der Waals surface area contributed by atoms with Gasteiger partial charge >= 0.3 is 11.9 Å². The highest BCUT2D eigenvalue weighted by molar-refractivity contribution is 7.16. The van der Waals surface area contributed by atoms with Crippen molar-refractivity contribution in [3.63, 3.8) is 0 Å². The molecule has 100 valence electrons. The Kier molecular flexibility index (Phi) is 4.72. The van der Waals surface area contributed by atoms with Crippen molar-refractivity contribution in [3.8, 4) is 0 Å². The molecule has 6 heteroatoms. The molecule has 1 heterocycles. The smallest absolute Gasteiger partial charge is 0.340 e. The summed E-state index contributed by atoms with van der Waals surface area (Å²) in [5.74, 6) is -1.75. The number of hydrogen-bond acceptors (Lipinski definition) is 5. The number of aryl methyl sites for hydroxylation is 1. The molecule has 0 fully saturated rings. The van der Waals surface area contributed by atoms with E-state index in [2.05, 4.69) is 0 Å². The molecular formula is C12H17NO4S. The number of esters is 1. The van der Waals surface area contributed by atoms with Crippen LogP contribution in [0.3, 0.4) is 0 Å². The second-order valence-electron chi connectivity index (χ2n) is 4.19. The third-order valence-electron chi connectivity index (χ3n) is 2.56. The summed E-state index contributed by atoms with van der Waals surface area (Å²) in [7, 11) is 3.11. The van der Waals surface area contributed by atoms with Crippen molar-refractivity contribution < 1.29 is 19.4 Å². The zero-order valence-electron chi connectivity index (χ0n) is 10.9. The minimum Gasteiger partial charge on any atom is -0.481 e. The fourth-order valence-electron chi connectivity index (χ4n) is 1.61. The van der Waals surface area contributed by atoms with Gasteiger partial charge in [0.2, 0.25) is 0 Å². The summed E-state index contributed by atoms with van der Waals surface area (Å²) in [5, 5.41) is 9.64. The number of methoxy groups -OCH3 is 1. The lowest BCUT2D eigenvalue weighted by atomic mass is 10.1. The fourth-order valence-corrected chi connectivity index (χ4v) is 2.58. The third-order valence-corrected chi connectivity index (χ3v) is 3.72. The summed E-state index contributed by atoms with van der Waals surface area (Å²) in [6.45, 7) is 3.88. The Balaban J connectivity index is 2.94. The van der Waals surface area contributed by atoms with Gasteiger partial charge < -0.3 is 14.7 Å². The van der Waals surface area contributed by atoms with Crippen LogP contribution in [-0.2, 0) is 9.53 Å². The first-order valence-electron chi connectivity index (χ1n) is 5.49. The summed E-state index contributed by atoms with van der Waals surface area (Å²) >= 11 is 1.45. The number of carbonyl (C=O) groups is 2. The Hall–Kier alpha value is -1.56. The van der Waals surface area contributed by atoms with E-state index >= 15 is 0 Å². The van der Waals surface area contributed by atoms with Crippen molar-refractivity contribution in [2.24, 2.45) is 5.92 Å². The van der Waals surface area contributed by atoms with Crippen LogP contribution in [0.4, 0.5) is 5.00 Å². The third kappa shape index (κ3) is 3.22. The number of carboxylic acid groups (broad SMARTS) is 1. The van der Waals surface area contributed by atoms with E-state index in [1.807, 2.05) is 6.92 Å². The summed E-state index contributed by atoms with van der Waals surface area (Å²) in [4.78, 5) is 25.2. The average Bonchev–Trinajstić information content (AvgIpc) is 2.70. The first kappa shape index (κ1) is 14.5. The van der Waals surface area contributed by atoms with E-state index in [1.165, 1.54) is 18.4 Å². The maximum atomic E-state index is 11.6. The molecule has 0 aliphatic heterocycles. The van der Waals surface area contributed by atoms with Crippen LogP contribution >= 0.6 is 11.3 Å². The van der Waals surface area contributed by atoms with Crippen LogP contribution in [0.5, 0.6) is 0 Å². The topological polar surface area (TPSA) is 66.8 Å². The van der Waals surface area contributed by atoms with Crippen molar-refractivity contribution in [2.45, 2.75) is 13.8 Å². The van der Waals surface area contributed by atoms with Gasteiger partial charge in [0.25, 0.3) is 0 Å². The Labute approximate surface area is 110 Å². The van der Waals surface area contributed by atoms with Crippen LogP contribution in [0.25, 0.3) is 0 Å². The molecule has 1 N–H and O–H groups in total. The maximum Gasteiger partial charge on any atom is 0.340 e. The molecule has 1 unspecified atom stereocenters. The van der Waals surface area contributed by atoms with Crippen molar-refractivity contribution >= 4 is 28.3 Å². The van der Waals surface area contributed by atoms with Crippen molar-refractivity contribution in [2.75, 3.05) is 25.6 Å². The Morgan fingerprint density at radius 2 is 2.17 bits per heavy atom. The van der Waals surface area contributed by atoms with Gasteiger partial charge in [0.15, 0.2) is 0 Å². The standard InChI is InChI=1S/C12H17NO4S/c1-7(11(14)15)6-13(3)10-9(12(16)17-4)5-8(2)18-10/h5,7H,6H2,1-4H3,(H,14,15). The van der Waals surface area contributed by atoms with Gasteiger partial charge in [-0.25, -0.2) is 4.79 Å². The zero-order chi connectivity index (χ0) is 13.9. The van der Waals surface area contributed by atoms with E-state index in [-0.39, 0.29) is 0 Å². The van der Waals surface area contributed by atoms with Gasteiger partial charge in [0.05, 0.1) is 18.6 Å². The second-order valence-corrected chi connectivity index (χ2v) is 5.42. The number of carbonyl (C=O) groups excluding carboxylic acids is 1. The number of hydrogen-bond donors (Lipinski definition) is 1.